The van der Waals surface area contributed by atoms with E-state index in [0.717, 1.165) is 5.56 Å². The highest BCUT2D eigenvalue weighted by molar-refractivity contribution is 7.10. The van der Waals surface area contributed by atoms with E-state index < -0.39 is 18.3 Å². The van der Waals surface area contributed by atoms with Crippen LogP contribution < -0.4 is 5.73 Å². The molecule has 0 radical (unpaired) electrons. The van der Waals surface area contributed by atoms with Gasteiger partial charge in [-0.1, -0.05) is 0 Å². The first-order chi connectivity index (χ1) is 7.89. The summed E-state index contributed by atoms with van der Waals surface area (Å²) in [5, 5.41) is 1.93. The lowest BCUT2D eigenvalue weighted by Crippen LogP contribution is -2.55. The summed E-state index contributed by atoms with van der Waals surface area (Å²) in [6.45, 7) is 2.20. The van der Waals surface area contributed by atoms with Crippen molar-refractivity contribution in [1.82, 2.24) is 4.90 Å². The van der Waals surface area contributed by atoms with Crippen LogP contribution in [-0.2, 0) is 13.0 Å². The molecule has 1 aliphatic rings. The first-order valence-electron chi connectivity index (χ1n) is 5.51. The molecule has 2 unspecified atom stereocenters. The number of rotatable bonds is 2. The Hall–Kier alpha value is -0.590. The van der Waals surface area contributed by atoms with Crippen molar-refractivity contribution >= 4 is 11.3 Å². The van der Waals surface area contributed by atoms with Crippen LogP contribution in [0.15, 0.2) is 11.4 Å². The molecule has 1 aromatic heterocycles. The number of halogens is 3. The average molecular weight is 264 g/mol. The van der Waals surface area contributed by atoms with Gasteiger partial charge < -0.3 is 5.73 Å². The zero-order valence-corrected chi connectivity index (χ0v) is 10.3. The molecule has 0 amide bonds. The van der Waals surface area contributed by atoms with Crippen molar-refractivity contribution in [1.29, 1.82) is 0 Å². The SMILES string of the molecule is CC(N)C(N1CCc2sccc2C1)C(F)(F)F. The minimum atomic E-state index is -4.26. The van der Waals surface area contributed by atoms with Crippen LogP contribution in [0, 0.1) is 0 Å². The van der Waals surface area contributed by atoms with Crippen LogP contribution >= 0.6 is 11.3 Å². The predicted molar refractivity (Wildman–Crippen MR) is 61.9 cm³/mol. The monoisotopic (exact) mass is 264 g/mol. The van der Waals surface area contributed by atoms with Gasteiger partial charge >= 0.3 is 6.18 Å². The van der Waals surface area contributed by atoms with Gasteiger partial charge in [0, 0.05) is 24.0 Å². The van der Waals surface area contributed by atoms with E-state index in [-0.39, 0.29) is 0 Å². The van der Waals surface area contributed by atoms with Gasteiger partial charge in [-0.25, -0.2) is 0 Å². The zero-order chi connectivity index (χ0) is 12.6. The third-order valence-electron chi connectivity index (χ3n) is 3.06. The first kappa shape index (κ1) is 12.9. The van der Waals surface area contributed by atoms with Gasteiger partial charge in [0.1, 0.15) is 6.04 Å². The topological polar surface area (TPSA) is 29.3 Å². The number of thiophene rings is 1. The van der Waals surface area contributed by atoms with Crippen molar-refractivity contribution in [3.8, 4) is 0 Å². The summed E-state index contributed by atoms with van der Waals surface area (Å²) in [5.74, 6) is 0. The van der Waals surface area contributed by atoms with Crippen molar-refractivity contribution in [2.75, 3.05) is 6.54 Å². The van der Waals surface area contributed by atoms with E-state index in [9.17, 15) is 13.2 Å². The fourth-order valence-corrected chi connectivity index (χ4v) is 3.24. The third kappa shape index (κ3) is 2.64. The molecule has 2 atom stereocenters. The highest BCUT2D eigenvalue weighted by Gasteiger charge is 2.46. The number of hydrogen-bond donors (Lipinski definition) is 1. The molecule has 17 heavy (non-hydrogen) atoms. The summed E-state index contributed by atoms with van der Waals surface area (Å²) in [6, 6.07) is -0.549. The van der Waals surface area contributed by atoms with Crippen molar-refractivity contribution < 1.29 is 13.2 Å². The summed E-state index contributed by atoms with van der Waals surface area (Å²) < 4.78 is 38.8. The number of nitrogens with zero attached hydrogens (tertiary/aromatic N) is 1. The number of alkyl halides is 3. The van der Waals surface area contributed by atoms with Gasteiger partial charge in [-0.3, -0.25) is 4.90 Å². The van der Waals surface area contributed by atoms with E-state index in [4.69, 9.17) is 5.73 Å². The highest BCUT2D eigenvalue weighted by atomic mass is 32.1. The Morgan fingerprint density at radius 3 is 2.76 bits per heavy atom. The second-order valence-corrected chi connectivity index (χ2v) is 5.44. The Morgan fingerprint density at radius 1 is 1.47 bits per heavy atom. The fourth-order valence-electron chi connectivity index (χ4n) is 2.35. The van der Waals surface area contributed by atoms with Crippen molar-refractivity contribution in [2.24, 2.45) is 5.73 Å². The van der Waals surface area contributed by atoms with Crippen LogP contribution in [0.5, 0.6) is 0 Å². The summed E-state index contributed by atoms with van der Waals surface area (Å²) in [5.41, 5.74) is 6.50. The molecule has 2 N–H and O–H groups in total. The lowest BCUT2D eigenvalue weighted by Gasteiger charge is -2.37. The molecule has 2 rings (SSSR count). The molecule has 0 bridgehead atoms. The maximum absolute atomic E-state index is 12.9. The largest absolute Gasteiger partial charge is 0.405 e. The Balaban J connectivity index is 2.18. The first-order valence-corrected chi connectivity index (χ1v) is 6.39. The van der Waals surface area contributed by atoms with Crippen LogP contribution in [0.1, 0.15) is 17.4 Å². The van der Waals surface area contributed by atoms with Crippen LogP contribution in [0.3, 0.4) is 0 Å². The van der Waals surface area contributed by atoms with Gasteiger partial charge in [0.15, 0.2) is 0 Å². The van der Waals surface area contributed by atoms with Gasteiger partial charge in [0.2, 0.25) is 0 Å². The van der Waals surface area contributed by atoms with Gasteiger partial charge in [-0.05, 0) is 30.4 Å². The standard InChI is InChI=1S/C11H15F3N2S/c1-7(15)10(11(12,13)14)16-4-2-9-8(6-16)3-5-17-9/h3,5,7,10H,2,4,6,15H2,1H3. The van der Waals surface area contributed by atoms with E-state index in [2.05, 4.69) is 0 Å². The number of fused-ring (bicyclic) bond motifs is 1. The predicted octanol–water partition coefficient (Wildman–Crippen LogP) is 2.38. The van der Waals surface area contributed by atoms with Crippen LogP contribution in [-0.4, -0.2) is 29.7 Å². The minimum absolute atomic E-state index is 0.352. The Kier molecular flexibility index (Phi) is 3.47. The van der Waals surface area contributed by atoms with Crippen LogP contribution in [0.25, 0.3) is 0 Å². The number of hydrogen-bond acceptors (Lipinski definition) is 3. The summed E-state index contributed by atoms with van der Waals surface area (Å²) >= 11 is 1.62. The molecule has 1 aliphatic heterocycles. The van der Waals surface area contributed by atoms with Crippen molar-refractivity contribution in [2.45, 2.75) is 38.1 Å². The molecule has 0 saturated heterocycles. The minimum Gasteiger partial charge on any atom is -0.326 e. The van der Waals surface area contributed by atoms with E-state index in [1.54, 1.807) is 11.3 Å². The normalized spacial score (nSPS) is 21.0. The smallest absolute Gasteiger partial charge is 0.326 e. The van der Waals surface area contributed by atoms with Crippen LogP contribution in [0.2, 0.25) is 0 Å². The molecule has 1 aromatic rings. The van der Waals surface area contributed by atoms with E-state index in [1.165, 1.54) is 16.7 Å². The summed E-state index contributed by atoms with van der Waals surface area (Å²) in [4.78, 5) is 2.64. The number of nitrogens with two attached hydrogens (primary N) is 1. The fraction of sp³-hybridized carbons (Fsp3) is 0.636. The molecule has 2 nitrogen and oxygen atoms in total. The van der Waals surface area contributed by atoms with Gasteiger partial charge in [0.05, 0.1) is 0 Å². The van der Waals surface area contributed by atoms with E-state index in [0.29, 0.717) is 19.5 Å². The van der Waals surface area contributed by atoms with Crippen molar-refractivity contribution in [3.63, 3.8) is 0 Å². The molecule has 0 aliphatic carbocycles. The van der Waals surface area contributed by atoms with Gasteiger partial charge in [-0.15, -0.1) is 11.3 Å². The maximum atomic E-state index is 12.9. The van der Waals surface area contributed by atoms with Crippen LogP contribution in [0.4, 0.5) is 13.2 Å². The van der Waals surface area contributed by atoms with E-state index in [1.807, 2.05) is 11.4 Å². The second-order valence-electron chi connectivity index (χ2n) is 4.44. The Bertz CT molecular complexity index is 386. The Labute approximate surface area is 102 Å². The second kappa shape index (κ2) is 4.59. The van der Waals surface area contributed by atoms with E-state index >= 15 is 0 Å². The molecule has 2 heterocycles. The zero-order valence-electron chi connectivity index (χ0n) is 9.50. The third-order valence-corrected chi connectivity index (χ3v) is 4.09. The van der Waals surface area contributed by atoms with Crippen molar-refractivity contribution in [3.05, 3.63) is 21.9 Å². The molecular formula is C11H15F3N2S. The molecular weight excluding hydrogens is 249 g/mol. The molecule has 0 spiro atoms. The molecule has 0 fully saturated rings. The molecule has 0 aromatic carbocycles. The quantitative estimate of drug-likeness (QED) is 0.888. The molecule has 96 valence electrons. The average Bonchev–Trinajstić information content (AvgIpc) is 2.61. The lowest BCUT2D eigenvalue weighted by molar-refractivity contribution is -0.190. The highest BCUT2D eigenvalue weighted by Crippen LogP contribution is 2.32. The molecule has 0 saturated carbocycles. The Morgan fingerprint density at radius 2 is 2.18 bits per heavy atom. The molecule has 6 heteroatoms. The maximum Gasteiger partial charge on any atom is 0.405 e. The van der Waals surface area contributed by atoms with Gasteiger partial charge in [0.25, 0.3) is 0 Å². The summed E-state index contributed by atoms with van der Waals surface area (Å²) in [7, 11) is 0. The lowest BCUT2D eigenvalue weighted by atomic mass is 10.0. The summed E-state index contributed by atoms with van der Waals surface area (Å²) in [6.07, 6.45) is -3.58. The van der Waals surface area contributed by atoms with Gasteiger partial charge in [-0.2, -0.15) is 13.2 Å².